The number of methoxy groups -OCH3 is 1. The first kappa shape index (κ1) is 30.6. The Hall–Kier alpha value is -5.41. The number of ether oxygens (including phenoxy) is 3. The Morgan fingerprint density at radius 3 is 2.35 bits per heavy atom. The number of aromatic nitrogens is 1. The number of nitrogens with zero attached hydrogens (tertiary/aromatic N) is 2. The van der Waals surface area contributed by atoms with Crippen LogP contribution in [-0.2, 0) is 11.4 Å². The molecule has 0 saturated carbocycles. The molecule has 232 valence electrons. The van der Waals surface area contributed by atoms with Crippen LogP contribution in [0.3, 0.4) is 0 Å². The number of fused-ring (bicyclic) bond motifs is 1. The molecule has 0 radical (unpaired) electrons. The van der Waals surface area contributed by atoms with Gasteiger partial charge < -0.3 is 19.5 Å². The summed E-state index contributed by atoms with van der Waals surface area (Å²) < 4.78 is 19.4. The average Bonchev–Trinajstić information content (AvgIpc) is 3.38. The van der Waals surface area contributed by atoms with Crippen molar-refractivity contribution in [2.24, 2.45) is 4.99 Å². The molecule has 5 aromatic rings. The zero-order valence-corrected chi connectivity index (χ0v) is 26.5. The molecule has 9 heteroatoms. The number of hydrogen-bond donors (Lipinski definition) is 1. The first-order valence-electron chi connectivity index (χ1n) is 14.9. The summed E-state index contributed by atoms with van der Waals surface area (Å²) in [7, 11) is 1.60. The Balaban J connectivity index is 1.40. The second-order valence-electron chi connectivity index (χ2n) is 10.6. The van der Waals surface area contributed by atoms with Crippen molar-refractivity contribution in [1.29, 1.82) is 0 Å². The molecule has 0 bridgehead atoms. The monoisotopic (exact) mass is 631 g/mol. The van der Waals surface area contributed by atoms with Crippen LogP contribution >= 0.6 is 11.3 Å². The van der Waals surface area contributed by atoms with Crippen LogP contribution in [0.1, 0.15) is 36.6 Å². The lowest BCUT2D eigenvalue weighted by atomic mass is 9.95. The van der Waals surface area contributed by atoms with Crippen LogP contribution in [-0.4, -0.2) is 24.2 Å². The fourth-order valence-corrected chi connectivity index (χ4v) is 6.37. The Morgan fingerprint density at radius 2 is 1.65 bits per heavy atom. The summed E-state index contributed by atoms with van der Waals surface area (Å²) in [5.74, 6) is 1.56. The number of hydrogen-bond acceptors (Lipinski definition) is 7. The number of para-hydroxylation sites is 1. The molecule has 8 nitrogen and oxygen atoms in total. The van der Waals surface area contributed by atoms with E-state index in [-0.39, 0.29) is 11.5 Å². The van der Waals surface area contributed by atoms with E-state index in [0.717, 1.165) is 16.7 Å². The van der Waals surface area contributed by atoms with Crippen LogP contribution in [0, 0.1) is 0 Å². The van der Waals surface area contributed by atoms with Crippen molar-refractivity contribution in [2.45, 2.75) is 26.5 Å². The van der Waals surface area contributed by atoms with E-state index in [1.54, 1.807) is 18.6 Å². The highest BCUT2D eigenvalue weighted by Gasteiger charge is 2.32. The van der Waals surface area contributed by atoms with Crippen molar-refractivity contribution in [3.05, 3.63) is 151 Å². The maximum atomic E-state index is 14.1. The van der Waals surface area contributed by atoms with Crippen LogP contribution < -0.4 is 34.4 Å². The molecule has 1 aliphatic heterocycles. The zero-order chi connectivity index (χ0) is 32.0. The smallest absolute Gasteiger partial charge is 0.271 e. The summed E-state index contributed by atoms with van der Waals surface area (Å²) >= 11 is 1.28. The molecule has 1 aliphatic rings. The Labute approximate surface area is 270 Å². The summed E-state index contributed by atoms with van der Waals surface area (Å²) in [5.41, 5.74) is 3.93. The molecule has 0 unspecified atom stereocenters. The number of amides is 1. The summed E-state index contributed by atoms with van der Waals surface area (Å²) in [6, 6.07) is 31.5. The van der Waals surface area contributed by atoms with Crippen LogP contribution in [0.2, 0.25) is 0 Å². The summed E-state index contributed by atoms with van der Waals surface area (Å²) in [4.78, 5) is 33.2. The second-order valence-corrected chi connectivity index (χ2v) is 11.6. The molecule has 0 saturated heterocycles. The highest BCUT2D eigenvalue weighted by molar-refractivity contribution is 7.07. The van der Waals surface area contributed by atoms with E-state index in [4.69, 9.17) is 19.2 Å². The molecule has 4 aromatic carbocycles. The van der Waals surface area contributed by atoms with Gasteiger partial charge in [-0.05, 0) is 73.0 Å². The van der Waals surface area contributed by atoms with Crippen molar-refractivity contribution >= 4 is 29.0 Å². The lowest BCUT2D eigenvalue weighted by Crippen LogP contribution is -2.40. The zero-order valence-electron chi connectivity index (χ0n) is 25.7. The lowest BCUT2D eigenvalue weighted by molar-refractivity contribution is -0.113. The normalized spacial score (nSPS) is 14.3. The van der Waals surface area contributed by atoms with Crippen molar-refractivity contribution in [1.82, 2.24) is 4.57 Å². The van der Waals surface area contributed by atoms with E-state index in [2.05, 4.69) is 5.32 Å². The van der Waals surface area contributed by atoms with Gasteiger partial charge in [-0.15, -0.1) is 0 Å². The molecule has 46 heavy (non-hydrogen) atoms. The highest BCUT2D eigenvalue weighted by Crippen LogP contribution is 2.32. The fourth-order valence-electron chi connectivity index (χ4n) is 5.32. The molecule has 6 rings (SSSR count). The number of anilines is 1. The van der Waals surface area contributed by atoms with Crippen molar-refractivity contribution in [3.63, 3.8) is 0 Å². The second kappa shape index (κ2) is 13.7. The first-order chi connectivity index (χ1) is 22.4. The molecule has 0 aliphatic carbocycles. The van der Waals surface area contributed by atoms with Gasteiger partial charge in [0.15, 0.2) is 16.3 Å². The molecule has 2 heterocycles. The molecule has 0 fully saturated rings. The van der Waals surface area contributed by atoms with E-state index in [0.29, 0.717) is 56.8 Å². The Kier molecular flexibility index (Phi) is 9.12. The predicted octanol–water partition coefficient (Wildman–Crippen LogP) is 5.86. The minimum Gasteiger partial charge on any atom is -0.497 e. The fraction of sp³-hybridized carbons (Fsp3) is 0.162. The largest absolute Gasteiger partial charge is 0.497 e. The lowest BCUT2D eigenvalue weighted by Gasteiger charge is -2.25. The van der Waals surface area contributed by atoms with E-state index in [1.807, 2.05) is 116 Å². The molecule has 1 amide bonds. The van der Waals surface area contributed by atoms with Crippen LogP contribution in [0.5, 0.6) is 17.2 Å². The van der Waals surface area contributed by atoms with Crippen molar-refractivity contribution in [3.8, 4) is 17.2 Å². The minimum absolute atomic E-state index is 0.246. The molecule has 0 spiro atoms. The number of carbonyl (C=O) groups is 1. The van der Waals surface area contributed by atoms with Gasteiger partial charge in [-0.25, -0.2) is 4.99 Å². The molecular weight excluding hydrogens is 598 g/mol. The van der Waals surface area contributed by atoms with Crippen molar-refractivity contribution in [2.75, 3.05) is 19.0 Å². The van der Waals surface area contributed by atoms with Gasteiger partial charge in [-0.1, -0.05) is 78.1 Å². The van der Waals surface area contributed by atoms with Crippen LogP contribution in [0.4, 0.5) is 5.69 Å². The van der Waals surface area contributed by atoms with Gasteiger partial charge in [0, 0.05) is 5.69 Å². The maximum absolute atomic E-state index is 14.1. The number of thiazole rings is 1. The number of carbonyl (C=O) groups excluding carboxylic acids is 1. The van der Waals surface area contributed by atoms with Gasteiger partial charge in [-0.3, -0.25) is 14.2 Å². The van der Waals surface area contributed by atoms with E-state index in [9.17, 15) is 9.59 Å². The van der Waals surface area contributed by atoms with Gasteiger partial charge in [-0.2, -0.15) is 0 Å². The molecular formula is C37H33N3O5S. The van der Waals surface area contributed by atoms with E-state index in [1.165, 1.54) is 11.3 Å². The number of allylic oxidation sites excluding steroid dienone is 1. The third-order valence-electron chi connectivity index (χ3n) is 7.53. The summed E-state index contributed by atoms with van der Waals surface area (Å²) in [6.07, 6.45) is 1.82. The summed E-state index contributed by atoms with van der Waals surface area (Å²) in [6.45, 7) is 4.58. The maximum Gasteiger partial charge on any atom is 0.271 e. The first-order valence-corrected chi connectivity index (χ1v) is 15.7. The van der Waals surface area contributed by atoms with Crippen molar-refractivity contribution < 1.29 is 19.0 Å². The minimum atomic E-state index is -0.694. The van der Waals surface area contributed by atoms with Gasteiger partial charge in [0.2, 0.25) is 0 Å². The summed E-state index contributed by atoms with van der Waals surface area (Å²) in [5, 5.41) is 2.98. The third kappa shape index (κ3) is 6.50. The highest BCUT2D eigenvalue weighted by atomic mass is 32.1. The third-order valence-corrected chi connectivity index (χ3v) is 8.51. The molecule has 1 aromatic heterocycles. The molecule has 1 N–H and O–H groups in total. The van der Waals surface area contributed by atoms with Gasteiger partial charge in [0.1, 0.15) is 12.4 Å². The number of rotatable bonds is 10. The Morgan fingerprint density at radius 1 is 0.935 bits per heavy atom. The SMILES string of the molecule is CCOc1cc(/C=c2/sc3n(c2=O)[C@H](c2ccc(OC)cc2)C(C(=O)Nc2ccccc2)=C(C)N=3)ccc1OCc1ccccc1. The number of nitrogens with one attached hydrogen (secondary N) is 1. The standard InChI is InChI=1S/C37H33N3O5S/c1-4-44-31-21-26(15-20-30(31)45-23-25-11-7-5-8-12-25)22-32-36(42)40-34(27-16-18-29(43-3)19-17-27)33(24(2)38-37(40)46-32)35(41)39-28-13-9-6-10-14-28/h5-22,34H,4,23H2,1-3H3,(H,39,41)/b32-22+/t34-/m1/s1. The van der Waals surface area contributed by atoms with Crippen LogP contribution in [0.25, 0.3) is 6.08 Å². The van der Waals surface area contributed by atoms with Gasteiger partial charge in [0.25, 0.3) is 11.5 Å². The van der Waals surface area contributed by atoms with Crippen LogP contribution in [0.15, 0.2) is 124 Å². The van der Waals surface area contributed by atoms with E-state index < -0.39 is 6.04 Å². The van der Waals surface area contributed by atoms with Gasteiger partial charge >= 0.3 is 0 Å². The quantitative estimate of drug-likeness (QED) is 0.209. The predicted molar refractivity (Wildman–Crippen MR) is 180 cm³/mol. The topological polar surface area (TPSA) is 91.2 Å². The Bertz CT molecular complexity index is 2070. The average molecular weight is 632 g/mol. The van der Waals surface area contributed by atoms with E-state index >= 15 is 0 Å². The van der Waals surface area contributed by atoms with Gasteiger partial charge in [0.05, 0.1) is 35.6 Å². The molecule has 1 atom stereocenters. The number of benzene rings is 4.